The van der Waals surface area contributed by atoms with Crippen LogP contribution in [0.2, 0.25) is 0 Å². The quantitative estimate of drug-likeness (QED) is 0.893. The van der Waals surface area contributed by atoms with E-state index in [0.717, 1.165) is 0 Å². The second-order valence-corrected chi connectivity index (χ2v) is 6.05. The van der Waals surface area contributed by atoms with E-state index in [2.05, 4.69) is 9.97 Å². The number of nitrogens with zero attached hydrogens (tertiary/aromatic N) is 4. The molecule has 1 saturated heterocycles. The second kappa shape index (κ2) is 6.88. The van der Waals surface area contributed by atoms with Gasteiger partial charge >= 0.3 is 0 Å². The van der Waals surface area contributed by atoms with Gasteiger partial charge in [0.25, 0.3) is 11.8 Å². The molecule has 2 aromatic rings. The van der Waals surface area contributed by atoms with E-state index < -0.39 is 0 Å². The smallest absolute Gasteiger partial charge is 0.257 e. The number of benzene rings is 1. The third-order valence-electron chi connectivity index (χ3n) is 4.28. The van der Waals surface area contributed by atoms with E-state index in [9.17, 15) is 14.7 Å². The highest BCUT2D eigenvalue weighted by molar-refractivity contribution is 5.96. The maximum absolute atomic E-state index is 12.6. The number of phenolic OH excluding ortho intramolecular Hbond substituents is 1. The molecule has 25 heavy (non-hydrogen) atoms. The van der Waals surface area contributed by atoms with E-state index in [0.29, 0.717) is 48.8 Å². The van der Waals surface area contributed by atoms with Crippen LogP contribution in [-0.2, 0) is 0 Å². The van der Waals surface area contributed by atoms with Crippen LogP contribution in [-0.4, -0.2) is 62.9 Å². The first-order valence-electron chi connectivity index (χ1n) is 8.13. The summed E-state index contributed by atoms with van der Waals surface area (Å²) in [7, 11) is 0. The average Bonchev–Trinajstić information content (AvgIpc) is 2.61. The van der Waals surface area contributed by atoms with Crippen molar-refractivity contribution in [3.05, 3.63) is 53.1 Å². The van der Waals surface area contributed by atoms with Crippen LogP contribution in [0.25, 0.3) is 0 Å². The van der Waals surface area contributed by atoms with Gasteiger partial charge < -0.3 is 14.9 Å². The van der Waals surface area contributed by atoms with E-state index in [1.165, 1.54) is 12.1 Å². The van der Waals surface area contributed by atoms with Gasteiger partial charge in [0.15, 0.2) is 0 Å². The molecule has 1 aromatic heterocycles. The second-order valence-electron chi connectivity index (χ2n) is 6.05. The molecule has 7 heteroatoms. The maximum Gasteiger partial charge on any atom is 0.257 e. The molecule has 1 fully saturated rings. The van der Waals surface area contributed by atoms with E-state index in [1.807, 2.05) is 0 Å². The number of carbonyl (C=O) groups excluding carboxylic acids is 2. The fourth-order valence-electron chi connectivity index (χ4n) is 2.90. The lowest BCUT2D eigenvalue weighted by atomic mass is 10.1. The van der Waals surface area contributed by atoms with Gasteiger partial charge in [-0.15, -0.1) is 0 Å². The summed E-state index contributed by atoms with van der Waals surface area (Å²) in [5.41, 5.74) is 1.61. The van der Waals surface area contributed by atoms with Gasteiger partial charge in [-0.3, -0.25) is 9.59 Å². The number of hydrogen-bond donors (Lipinski definition) is 1. The van der Waals surface area contributed by atoms with Crippen LogP contribution in [0.15, 0.2) is 30.5 Å². The van der Waals surface area contributed by atoms with Crippen LogP contribution >= 0.6 is 0 Å². The van der Waals surface area contributed by atoms with E-state index in [1.54, 1.807) is 42.0 Å². The van der Waals surface area contributed by atoms with Crippen molar-refractivity contribution < 1.29 is 14.7 Å². The number of aromatic hydroxyl groups is 1. The van der Waals surface area contributed by atoms with Crippen LogP contribution in [0.5, 0.6) is 5.75 Å². The zero-order valence-corrected chi connectivity index (χ0v) is 14.3. The number of amides is 2. The molecule has 0 aliphatic carbocycles. The predicted octanol–water partition coefficient (Wildman–Crippen LogP) is 1.40. The lowest BCUT2D eigenvalue weighted by Crippen LogP contribution is -2.50. The Morgan fingerprint density at radius 3 is 2.28 bits per heavy atom. The summed E-state index contributed by atoms with van der Waals surface area (Å²) in [6, 6.07) is 6.29. The number of rotatable bonds is 2. The molecule has 0 bridgehead atoms. The van der Waals surface area contributed by atoms with Crippen molar-refractivity contribution in [2.24, 2.45) is 0 Å². The van der Waals surface area contributed by atoms with E-state index in [-0.39, 0.29) is 17.6 Å². The summed E-state index contributed by atoms with van der Waals surface area (Å²) >= 11 is 0. The molecule has 1 aromatic carbocycles. The Kier molecular flexibility index (Phi) is 4.65. The Morgan fingerprint density at radius 2 is 1.68 bits per heavy atom. The average molecular weight is 340 g/mol. The third kappa shape index (κ3) is 3.60. The molecule has 2 heterocycles. The Morgan fingerprint density at radius 1 is 1.04 bits per heavy atom. The van der Waals surface area contributed by atoms with Crippen molar-refractivity contribution in [1.29, 1.82) is 0 Å². The highest BCUT2D eigenvalue weighted by atomic mass is 16.3. The molecule has 130 valence electrons. The topological polar surface area (TPSA) is 86.6 Å². The Hall–Kier alpha value is -2.96. The summed E-state index contributed by atoms with van der Waals surface area (Å²) in [5.74, 6) is 0.449. The number of aryl methyl sites for hydroxylation is 2. The molecule has 0 atom stereocenters. The van der Waals surface area contributed by atoms with Crippen LogP contribution in [0, 0.1) is 13.8 Å². The number of hydrogen-bond acceptors (Lipinski definition) is 5. The molecule has 0 spiro atoms. The summed E-state index contributed by atoms with van der Waals surface area (Å²) in [6.45, 7) is 5.39. The number of aromatic nitrogens is 2. The Balaban J connectivity index is 1.65. The minimum absolute atomic E-state index is 0.0644. The molecule has 1 aliphatic heterocycles. The molecule has 1 aliphatic rings. The van der Waals surface area contributed by atoms with Gasteiger partial charge in [-0.05, 0) is 32.0 Å². The summed E-state index contributed by atoms with van der Waals surface area (Å²) in [5, 5.41) is 9.51. The number of piperazine rings is 1. The normalized spacial score (nSPS) is 14.5. The predicted molar refractivity (Wildman–Crippen MR) is 91.4 cm³/mol. The van der Waals surface area contributed by atoms with Crippen molar-refractivity contribution >= 4 is 11.8 Å². The molecule has 1 N–H and O–H groups in total. The highest BCUT2D eigenvalue weighted by Crippen LogP contribution is 2.16. The first-order chi connectivity index (χ1) is 12.0. The van der Waals surface area contributed by atoms with Gasteiger partial charge in [0, 0.05) is 37.9 Å². The van der Waals surface area contributed by atoms with Crippen LogP contribution < -0.4 is 0 Å². The van der Waals surface area contributed by atoms with Crippen LogP contribution in [0.3, 0.4) is 0 Å². The van der Waals surface area contributed by atoms with Gasteiger partial charge in [0.05, 0.1) is 11.3 Å². The molecular weight excluding hydrogens is 320 g/mol. The van der Waals surface area contributed by atoms with Gasteiger partial charge in [0.1, 0.15) is 11.6 Å². The Bertz CT molecular complexity index is 814. The largest absolute Gasteiger partial charge is 0.508 e. The molecule has 2 amide bonds. The molecule has 0 saturated carbocycles. The van der Waals surface area contributed by atoms with Crippen LogP contribution in [0.4, 0.5) is 0 Å². The molecule has 0 radical (unpaired) electrons. The lowest BCUT2D eigenvalue weighted by Gasteiger charge is -2.35. The SMILES string of the molecule is Cc1ncc(C(=O)N2CCN(C(=O)c3cccc(O)c3)CC2)c(C)n1. The van der Waals surface area contributed by atoms with Crippen molar-refractivity contribution in [3.8, 4) is 5.75 Å². The molecule has 0 unspecified atom stereocenters. The molecule has 7 nitrogen and oxygen atoms in total. The minimum atomic E-state index is -0.141. The number of carbonyl (C=O) groups is 2. The van der Waals surface area contributed by atoms with Crippen LogP contribution in [0.1, 0.15) is 32.2 Å². The fraction of sp³-hybridized carbons (Fsp3) is 0.333. The molecular formula is C18H20N4O3. The fourth-order valence-corrected chi connectivity index (χ4v) is 2.90. The van der Waals surface area contributed by atoms with Gasteiger partial charge in [0.2, 0.25) is 0 Å². The highest BCUT2D eigenvalue weighted by Gasteiger charge is 2.26. The van der Waals surface area contributed by atoms with Gasteiger partial charge in [-0.25, -0.2) is 9.97 Å². The van der Waals surface area contributed by atoms with Gasteiger partial charge in [-0.2, -0.15) is 0 Å². The minimum Gasteiger partial charge on any atom is -0.508 e. The van der Waals surface area contributed by atoms with Crippen molar-refractivity contribution in [2.75, 3.05) is 26.2 Å². The van der Waals surface area contributed by atoms with Gasteiger partial charge in [-0.1, -0.05) is 6.07 Å². The van der Waals surface area contributed by atoms with E-state index >= 15 is 0 Å². The zero-order valence-electron chi connectivity index (χ0n) is 14.3. The summed E-state index contributed by atoms with van der Waals surface area (Å²) in [6.07, 6.45) is 1.56. The zero-order chi connectivity index (χ0) is 18.0. The Labute approximate surface area is 145 Å². The summed E-state index contributed by atoms with van der Waals surface area (Å²) < 4.78 is 0. The lowest BCUT2D eigenvalue weighted by molar-refractivity contribution is 0.0534. The standard InChI is InChI=1S/C18H20N4O3/c1-12-16(11-19-13(2)20-12)18(25)22-8-6-21(7-9-22)17(24)14-4-3-5-15(23)10-14/h3-5,10-11,23H,6-9H2,1-2H3. The van der Waals surface area contributed by atoms with Crippen molar-refractivity contribution in [2.45, 2.75) is 13.8 Å². The van der Waals surface area contributed by atoms with Crippen molar-refractivity contribution in [3.63, 3.8) is 0 Å². The third-order valence-corrected chi connectivity index (χ3v) is 4.28. The maximum atomic E-state index is 12.6. The first-order valence-corrected chi connectivity index (χ1v) is 8.13. The molecule has 3 rings (SSSR count). The van der Waals surface area contributed by atoms with Crippen molar-refractivity contribution in [1.82, 2.24) is 19.8 Å². The monoisotopic (exact) mass is 340 g/mol. The number of phenols is 1. The first kappa shape index (κ1) is 16.9. The van der Waals surface area contributed by atoms with E-state index in [4.69, 9.17) is 0 Å². The summed E-state index contributed by atoms with van der Waals surface area (Å²) in [4.78, 5) is 36.9.